The van der Waals surface area contributed by atoms with E-state index in [0.29, 0.717) is 12.1 Å². The molecule has 0 saturated heterocycles. The van der Waals surface area contributed by atoms with E-state index >= 15 is 0 Å². The van der Waals surface area contributed by atoms with Crippen LogP contribution in [0.4, 0.5) is 0 Å². The van der Waals surface area contributed by atoms with Crippen LogP contribution in [-0.2, 0) is 0 Å². The Kier molecular flexibility index (Phi) is 5.66. The Morgan fingerprint density at radius 2 is 2.11 bits per heavy atom. The molecule has 0 aliphatic carbocycles. The summed E-state index contributed by atoms with van der Waals surface area (Å²) >= 11 is 6.68. The van der Waals surface area contributed by atoms with Crippen molar-refractivity contribution in [1.82, 2.24) is 5.32 Å². The Hall–Kier alpha value is -0.550. The van der Waals surface area contributed by atoms with E-state index in [2.05, 4.69) is 51.0 Å². The van der Waals surface area contributed by atoms with Gasteiger partial charge in [0.2, 0.25) is 0 Å². The summed E-state index contributed by atoms with van der Waals surface area (Å²) in [6, 6.07) is 4.81. The van der Waals surface area contributed by atoms with E-state index in [9.17, 15) is 9.90 Å². The third-order valence-corrected chi connectivity index (χ3v) is 3.59. The SMILES string of the molecule is CC(C)(CCBr)CNC(=O)c1cc(Br)ccc1O. The molecule has 1 aromatic rings. The maximum atomic E-state index is 12.0. The van der Waals surface area contributed by atoms with Crippen LogP contribution in [0.25, 0.3) is 0 Å². The molecule has 0 unspecified atom stereocenters. The van der Waals surface area contributed by atoms with Gasteiger partial charge in [0.25, 0.3) is 5.91 Å². The number of carbonyl (C=O) groups is 1. The number of hydrogen-bond donors (Lipinski definition) is 2. The van der Waals surface area contributed by atoms with E-state index in [1.807, 2.05) is 0 Å². The fourth-order valence-corrected chi connectivity index (χ4v) is 2.88. The van der Waals surface area contributed by atoms with E-state index in [0.717, 1.165) is 16.2 Å². The standard InChI is InChI=1S/C13H17Br2NO2/c1-13(2,5-6-14)8-16-12(18)10-7-9(15)3-4-11(10)17/h3-4,7,17H,5-6,8H2,1-2H3,(H,16,18). The highest BCUT2D eigenvalue weighted by Gasteiger charge is 2.19. The van der Waals surface area contributed by atoms with E-state index in [-0.39, 0.29) is 17.1 Å². The van der Waals surface area contributed by atoms with E-state index in [1.54, 1.807) is 12.1 Å². The molecule has 0 bridgehead atoms. The second-order valence-electron chi connectivity index (χ2n) is 4.95. The number of alkyl halides is 1. The van der Waals surface area contributed by atoms with Crippen molar-refractivity contribution in [2.24, 2.45) is 5.41 Å². The van der Waals surface area contributed by atoms with Gasteiger partial charge in [-0.25, -0.2) is 0 Å². The lowest BCUT2D eigenvalue weighted by molar-refractivity contribution is 0.0933. The molecule has 1 rings (SSSR count). The molecule has 18 heavy (non-hydrogen) atoms. The predicted octanol–water partition coefficient (Wildman–Crippen LogP) is 3.70. The number of halogens is 2. The lowest BCUT2D eigenvalue weighted by Crippen LogP contribution is -2.34. The van der Waals surface area contributed by atoms with Crippen molar-refractivity contribution in [3.8, 4) is 5.75 Å². The highest BCUT2D eigenvalue weighted by molar-refractivity contribution is 9.10. The molecular weight excluding hydrogens is 362 g/mol. The van der Waals surface area contributed by atoms with Gasteiger partial charge in [0.15, 0.2) is 0 Å². The smallest absolute Gasteiger partial charge is 0.255 e. The monoisotopic (exact) mass is 377 g/mol. The van der Waals surface area contributed by atoms with Crippen LogP contribution in [0.2, 0.25) is 0 Å². The number of amides is 1. The third-order valence-electron chi connectivity index (χ3n) is 2.70. The van der Waals surface area contributed by atoms with Crippen LogP contribution in [0.15, 0.2) is 22.7 Å². The summed E-state index contributed by atoms with van der Waals surface area (Å²) in [5.41, 5.74) is 0.319. The molecule has 100 valence electrons. The molecule has 0 aromatic heterocycles. The first-order valence-corrected chi connectivity index (χ1v) is 7.60. The fourth-order valence-electron chi connectivity index (χ4n) is 1.45. The number of nitrogens with one attached hydrogen (secondary N) is 1. The van der Waals surface area contributed by atoms with Gasteiger partial charge in [-0.3, -0.25) is 4.79 Å². The zero-order valence-corrected chi connectivity index (χ0v) is 13.6. The molecule has 0 radical (unpaired) electrons. The Labute approximate surface area is 124 Å². The second kappa shape index (κ2) is 6.57. The lowest BCUT2D eigenvalue weighted by atomic mass is 9.90. The molecule has 5 heteroatoms. The van der Waals surface area contributed by atoms with E-state index in [4.69, 9.17) is 0 Å². The van der Waals surface area contributed by atoms with Gasteiger partial charge < -0.3 is 10.4 Å². The van der Waals surface area contributed by atoms with Gasteiger partial charge in [0.1, 0.15) is 5.75 Å². The molecule has 0 aliphatic rings. The zero-order chi connectivity index (χ0) is 13.8. The van der Waals surface area contributed by atoms with Gasteiger partial charge in [-0.15, -0.1) is 0 Å². The summed E-state index contributed by atoms with van der Waals surface area (Å²) in [6.07, 6.45) is 0.970. The van der Waals surface area contributed by atoms with Crippen molar-refractivity contribution in [2.45, 2.75) is 20.3 Å². The maximum absolute atomic E-state index is 12.0. The first kappa shape index (κ1) is 15.5. The van der Waals surface area contributed by atoms with Gasteiger partial charge in [-0.05, 0) is 30.0 Å². The number of phenols is 1. The first-order valence-electron chi connectivity index (χ1n) is 5.68. The van der Waals surface area contributed by atoms with Crippen molar-refractivity contribution < 1.29 is 9.90 Å². The number of carbonyl (C=O) groups excluding carboxylic acids is 1. The summed E-state index contributed by atoms with van der Waals surface area (Å²) in [4.78, 5) is 12.0. The highest BCUT2D eigenvalue weighted by atomic mass is 79.9. The minimum Gasteiger partial charge on any atom is -0.507 e. The van der Waals surface area contributed by atoms with Crippen LogP contribution in [0, 0.1) is 5.41 Å². The van der Waals surface area contributed by atoms with Crippen LogP contribution in [0.5, 0.6) is 5.75 Å². The highest BCUT2D eigenvalue weighted by Crippen LogP contribution is 2.23. The molecule has 0 spiro atoms. The quantitative estimate of drug-likeness (QED) is 0.767. The average molecular weight is 379 g/mol. The topological polar surface area (TPSA) is 49.3 Å². The van der Waals surface area contributed by atoms with Crippen molar-refractivity contribution in [3.63, 3.8) is 0 Å². The third kappa shape index (κ3) is 4.61. The normalized spacial score (nSPS) is 11.3. The van der Waals surface area contributed by atoms with Crippen molar-refractivity contribution in [3.05, 3.63) is 28.2 Å². The number of phenolic OH excluding ortho intramolecular Hbond substituents is 1. The number of rotatable bonds is 5. The van der Waals surface area contributed by atoms with Gasteiger partial charge >= 0.3 is 0 Å². The molecule has 0 fully saturated rings. The predicted molar refractivity (Wildman–Crippen MR) is 80.3 cm³/mol. The summed E-state index contributed by atoms with van der Waals surface area (Å²) < 4.78 is 0.769. The molecule has 3 nitrogen and oxygen atoms in total. The molecule has 0 atom stereocenters. The molecular formula is C13H17Br2NO2. The Morgan fingerprint density at radius 1 is 1.44 bits per heavy atom. The number of benzene rings is 1. The van der Waals surface area contributed by atoms with Crippen LogP contribution in [0.1, 0.15) is 30.6 Å². The van der Waals surface area contributed by atoms with Gasteiger partial charge in [-0.1, -0.05) is 45.7 Å². The number of hydrogen-bond acceptors (Lipinski definition) is 2. The van der Waals surface area contributed by atoms with Gasteiger partial charge in [-0.2, -0.15) is 0 Å². The maximum Gasteiger partial charge on any atom is 0.255 e. The Morgan fingerprint density at radius 3 is 2.72 bits per heavy atom. The van der Waals surface area contributed by atoms with Crippen molar-refractivity contribution >= 4 is 37.8 Å². The summed E-state index contributed by atoms with van der Waals surface area (Å²) in [5.74, 6) is -0.259. The zero-order valence-electron chi connectivity index (χ0n) is 10.5. The van der Waals surface area contributed by atoms with Crippen molar-refractivity contribution in [2.75, 3.05) is 11.9 Å². The van der Waals surface area contributed by atoms with Crippen LogP contribution < -0.4 is 5.32 Å². The average Bonchev–Trinajstić information content (AvgIpc) is 2.29. The summed E-state index contributed by atoms with van der Waals surface area (Å²) in [6.45, 7) is 4.76. The molecule has 0 aliphatic heterocycles. The van der Waals surface area contributed by atoms with Crippen LogP contribution in [0.3, 0.4) is 0 Å². The van der Waals surface area contributed by atoms with Crippen molar-refractivity contribution in [1.29, 1.82) is 0 Å². The van der Waals surface area contributed by atoms with E-state index in [1.165, 1.54) is 6.07 Å². The summed E-state index contributed by atoms with van der Waals surface area (Å²) in [7, 11) is 0. The fraction of sp³-hybridized carbons (Fsp3) is 0.462. The number of aromatic hydroxyl groups is 1. The molecule has 0 saturated carbocycles. The molecule has 1 aromatic carbocycles. The summed E-state index contributed by atoms with van der Waals surface area (Å²) in [5, 5.41) is 13.4. The Balaban J connectivity index is 2.69. The minimum atomic E-state index is -0.253. The minimum absolute atomic E-state index is 0.00556. The largest absolute Gasteiger partial charge is 0.507 e. The van der Waals surface area contributed by atoms with Crippen LogP contribution >= 0.6 is 31.9 Å². The molecule has 2 N–H and O–H groups in total. The molecule has 0 heterocycles. The van der Waals surface area contributed by atoms with E-state index < -0.39 is 0 Å². The van der Waals surface area contributed by atoms with Gasteiger partial charge in [0.05, 0.1) is 5.56 Å². The van der Waals surface area contributed by atoms with Crippen LogP contribution in [-0.4, -0.2) is 22.9 Å². The first-order chi connectivity index (χ1) is 8.35. The second-order valence-corrected chi connectivity index (χ2v) is 6.66. The lowest BCUT2D eigenvalue weighted by Gasteiger charge is -2.24. The van der Waals surface area contributed by atoms with Gasteiger partial charge in [0, 0.05) is 16.3 Å². The Bertz CT molecular complexity index is 433. The molecule has 1 amide bonds.